The molecule has 2 aliphatic carbocycles. The average Bonchev–Trinajstić information content (AvgIpc) is 2.40. The van der Waals surface area contributed by atoms with Gasteiger partial charge in [-0.3, -0.25) is 9.59 Å². The predicted molar refractivity (Wildman–Crippen MR) is 49.3 cm³/mol. The third-order valence-electron chi connectivity index (χ3n) is 3.80. The van der Waals surface area contributed by atoms with Crippen LogP contribution >= 0.6 is 0 Å². The van der Waals surface area contributed by atoms with E-state index in [1.165, 1.54) is 0 Å². The Kier molecular flexibility index (Phi) is 2.01. The summed E-state index contributed by atoms with van der Waals surface area (Å²) in [5.74, 6) is 0.572. The molecule has 2 fully saturated rings. The summed E-state index contributed by atoms with van der Waals surface area (Å²) in [6, 6.07) is 0. The fraction of sp³-hybridized carbons (Fsp3) is 0.818. The van der Waals surface area contributed by atoms with E-state index >= 15 is 0 Å². The molecule has 0 aromatic carbocycles. The Hall–Kier alpha value is -0.660. The van der Waals surface area contributed by atoms with Gasteiger partial charge in [0.25, 0.3) is 0 Å². The predicted octanol–water partition coefficient (Wildman–Crippen LogP) is 2.11. The zero-order chi connectivity index (χ0) is 9.47. The van der Waals surface area contributed by atoms with Gasteiger partial charge in [0.05, 0.1) is 0 Å². The largest absolute Gasteiger partial charge is 0.291 e. The van der Waals surface area contributed by atoms with Crippen LogP contribution < -0.4 is 0 Å². The second-order valence-electron chi connectivity index (χ2n) is 4.72. The molecule has 0 amide bonds. The van der Waals surface area contributed by atoms with Gasteiger partial charge in [-0.1, -0.05) is 6.92 Å². The van der Waals surface area contributed by atoms with Crippen LogP contribution in [0.1, 0.15) is 45.4 Å². The Morgan fingerprint density at radius 3 is 2.23 bits per heavy atom. The van der Waals surface area contributed by atoms with E-state index in [2.05, 4.69) is 6.92 Å². The summed E-state index contributed by atoms with van der Waals surface area (Å²) in [5, 5.41) is 0. The van der Waals surface area contributed by atoms with Gasteiger partial charge >= 0.3 is 0 Å². The van der Waals surface area contributed by atoms with Crippen molar-refractivity contribution in [2.24, 2.45) is 11.3 Å². The molecule has 2 aliphatic rings. The Morgan fingerprint density at radius 1 is 1.15 bits per heavy atom. The minimum absolute atomic E-state index is 0.0561. The normalized spacial score (nSPS) is 40.2. The van der Waals surface area contributed by atoms with Crippen molar-refractivity contribution in [3.63, 3.8) is 0 Å². The van der Waals surface area contributed by atoms with E-state index in [1.807, 2.05) is 0 Å². The number of hydrogen-bond donors (Lipinski definition) is 0. The summed E-state index contributed by atoms with van der Waals surface area (Å²) in [5.41, 5.74) is -0.205. The smallest absolute Gasteiger partial charge is 0.204 e. The number of ketones is 2. The molecule has 0 radical (unpaired) electrons. The minimum atomic E-state index is -0.205. The number of carbonyl (C=O) groups excluding carboxylic acids is 2. The van der Waals surface area contributed by atoms with Crippen LogP contribution in [0.15, 0.2) is 0 Å². The lowest BCUT2D eigenvalue weighted by atomic mass is 9.69. The summed E-state index contributed by atoms with van der Waals surface area (Å²) in [4.78, 5) is 22.8. The van der Waals surface area contributed by atoms with Gasteiger partial charge < -0.3 is 0 Å². The van der Waals surface area contributed by atoms with E-state index in [4.69, 9.17) is 0 Å². The fourth-order valence-electron chi connectivity index (χ4n) is 2.67. The van der Waals surface area contributed by atoms with E-state index in [1.54, 1.807) is 0 Å². The highest BCUT2D eigenvalue weighted by Gasteiger charge is 2.48. The van der Waals surface area contributed by atoms with Crippen LogP contribution in [0.2, 0.25) is 0 Å². The van der Waals surface area contributed by atoms with Gasteiger partial charge in [0.15, 0.2) is 5.78 Å². The molecular formula is C11H16O2. The van der Waals surface area contributed by atoms with Crippen LogP contribution in [-0.2, 0) is 9.59 Å². The van der Waals surface area contributed by atoms with Gasteiger partial charge in [-0.15, -0.1) is 0 Å². The summed E-state index contributed by atoms with van der Waals surface area (Å²) >= 11 is 0. The van der Waals surface area contributed by atoms with Crippen LogP contribution in [0.3, 0.4) is 0 Å². The fourth-order valence-corrected chi connectivity index (χ4v) is 2.67. The van der Waals surface area contributed by atoms with Crippen molar-refractivity contribution in [2.75, 3.05) is 0 Å². The van der Waals surface area contributed by atoms with E-state index in [0.29, 0.717) is 6.42 Å². The lowest BCUT2D eigenvalue weighted by molar-refractivity contribution is -0.139. The molecule has 0 aliphatic heterocycles. The quantitative estimate of drug-likeness (QED) is 0.535. The number of carbonyl (C=O) groups is 2. The molecule has 2 nitrogen and oxygen atoms in total. The van der Waals surface area contributed by atoms with Crippen molar-refractivity contribution in [3.05, 3.63) is 0 Å². The molecule has 72 valence electrons. The van der Waals surface area contributed by atoms with Gasteiger partial charge in [-0.25, -0.2) is 0 Å². The molecule has 0 bridgehead atoms. The molecule has 0 heterocycles. The van der Waals surface area contributed by atoms with Crippen LogP contribution in [0.25, 0.3) is 0 Å². The highest BCUT2D eigenvalue weighted by molar-refractivity contribution is 6.41. The van der Waals surface area contributed by atoms with Crippen molar-refractivity contribution in [3.8, 4) is 0 Å². The first-order chi connectivity index (χ1) is 6.14. The molecular weight excluding hydrogens is 164 g/mol. The summed E-state index contributed by atoms with van der Waals surface area (Å²) in [6.07, 6.45) is 5.50. The highest BCUT2D eigenvalue weighted by Crippen LogP contribution is 2.46. The van der Waals surface area contributed by atoms with Crippen LogP contribution in [0.4, 0.5) is 0 Å². The second-order valence-corrected chi connectivity index (χ2v) is 4.72. The molecule has 0 N–H and O–H groups in total. The van der Waals surface area contributed by atoms with E-state index < -0.39 is 0 Å². The molecule has 2 rings (SSSR count). The van der Waals surface area contributed by atoms with Gasteiger partial charge in [0.1, 0.15) is 0 Å². The van der Waals surface area contributed by atoms with Crippen LogP contribution in [0.5, 0.6) is 0 Å². The van der Waals surface area contributed by atoms with E-state index in [9.17, 15) is 9.59 Å². The first-order valence-corrected chi connectivity index (χ1v) is 5.22. The van der Waals surface area contributed by atoms with Gasteiger partial charge in [-0.05, 0) is 38.0 Å². The summed E-state index contributed by atoms with van der Waals surface area (Å²) < 4.78 is 0. The molecule has 0 atom stereocenters. The molecule has 13 heavy (non-hydrogen) atoms. The number of rotatable bonds is 0. The van der Waals surface area contributed by atoms with Crippen molar-refractivity contribution in [2.45, 2.75) is 45.4 Å². The SMILES string of the molecule is CC1CCC2(CCC(=O)C2=O)CC1. The molecule has 2 saturated carbocycles. The van der Waals surface area contributed by atoms with E-state index in [-0.39, 0.29) is 17.0 Å². The lowest BCUT2D eigenvalue weighted by Gasteiger charge is -2.33. The maximum atomic E-state index is 11.6. The summed E-state index contributed by atoms with van der Waals surface area (Å²) in [6.45, 7) is 2.23. The van der Waals surface area contributed by atoms with E-state index in [0.717, 1.165) is 38.0 Å². The van der Waals surface area contributed by atoms with Gasteiger partial charge in [-0.2, -0.15) is 0 Å². The maximum Gasteiger partial charge on any atom is 0.204 e. The highest BCUT2D eigenvalue weighted by atomic mass is 16.2. The topological polar surface area (TPSA) is 34.1 Å². The first kappa shape index (κ1) is 8.92. The van der Waals surface area contributed by atoms with Gasteiger partial charge in [0, 0.05) is 11.8 Å². The molecule has 0 saturated heterocycles. The maximum absolute atomic E-state index is 11.6. The van der Waals surface area contributed by atoms with Crippen molar-refractivity contribution >= 4 is 11.6 Å². The summed E-state index contributed by atoms with van der Waals surface area (Å²) in [7, 11) is 0. The van der Waals surface area contributed by atoms with Crippen molar-refractivity contribution < 1.29 is 9.59 Å². The number of Topliss-reactive ketones (excluding diaryl/α,β-unsaturated/α-hetero) is 2. The Bertz CT molecular complexity index is 247. The Morgan fingerprint density at radius 2 is 1.77 bits per heavy atom. The average molecular weight is 180 g/mol. The molecule has 0 unspecified atom stereocenters. The molecule has 0 aromatic heterocycles. The van der Waals surface area contributed by atoms with Crippen molar-refractivity contribution in [1.82, 2.24) is 0 Å². The zero-order valence-corrected chi connectivity index (χ0v) is 8.14. The third-order valence-corrected chi connectivity index (χ3v) is 3.80. The third kappa shape index (κ3) is 1.32. The van der Waals surface area contributed by atoms with Crippen molar-refractivity contribution in [1.29, 1.82) is 0 Å². The lowest BCUT2D eigenvalue weighted by Crippen LogP contribution is -2.32. The molecule has 0 aromatic rings. The first-order valence-electron chi connectivity index (χ1n) is 5.22. The Labute approximate surface area is 78.7 Å². The van der Waals surface area contributed by atoms with Crippen LogP contribution in [-0.4, -0.2) is 11.6 Å². The minimum Gasteiger partial charge on any atom is -0.291 e. The Balaban J connectivity index is 2.14. The van der Waals surface area contributed by atoms with Gasteiger partial charge in [0.2, 0.25) is 5.78 Å². The standard InChI is InChI=1S/C11H16O2/c1-8-2-5-11(6-3-8)7-4-9(12)10(11)13/h8H,2-7H2,1H3. The second kappa shape index (κ2) is 2.93. The monoisotopic (exact) mass is 180 g/mol. The molecule has 2 heteroatoms. The van der Waals surface area contributed by atoms with Crippen LogP contribution in [0, 0.1) is 11.3 Å². The molecule has 1 spiro atoms. The zero-order valence-electron chi connectivity index (χ0n) is 8.14. The number of hydrogen-bond acceptors (Lipinski definition) is 2.